The van der Waals surface area contributed by atoms with E-state index in [1.165, 1.54) is 0 Å². The molecule has 4 nitrogen and oxygen atoms in total. The molecule has 0 aliphatic heterocycles. The summed E-state index contributed by atoms with van der Waals surface area (Å²) >= 11 is 5.39. The molecular formula is C11H19ClN2O2. The lowest BCUT2D eigenvalue weighted by molar-refractivity contribution is -0.119. The first-order valence-electron chi connectivity index (χ1n) is 5.59. The maximum Gasteiger partial charge on any atom is 0.321 e. The van der Waals surface area contributed by atoms with E-state index in [4.69, 9.17) is 11.6 Å². The maximum atomic E-state index is 11.4. The van der Waals surface area contributed by atoms with Crippen LogP contribution in [0.3, 0.4) is 0 Å². The van der Waals surface area contributed by atoms with Crippen LogP contribution in [-0.2, 0) is 4.79 Å². The normalized spacial score (nSPS) is 22.8. The van der Waals surface area contributed by atoms with Crippen LogP contribution in [-0.4, -0.2) is 23.9 Å². The van der Waals surface area contributed by atoms with Gasteiger partial charge < -0.3 is 5.32 Å². The molecule has 0 bridgehead atoms. The van der Waals surface area contributed by atoms with E-state index in [0.717, 1.165) is 19.3 Å². The second-order valence-electron chi connectivity index (χ2n) is 5.06. The van der Waals surface area contributed by atoms with Gasteiger partial charge in [-0.1, -0.05) is 13.8 Å². The summed E-state index contributed by atoms with van der Waals surface area (Å²) < 4.78 is 0. The second-order valence-corrected chi connectivity index (χ2v) is 5.44. The van der Waals surface area contributed by atoms with Crippen molar-refractivity contribution < 1.29 is 9.59 Å². The van der Waals surface area contributed by atoms with Gasteiger partial charge in [0.25, 0.3) is 0 Å². The van der Waals surface area contributed by atoms with Crippen LogP contribution in [0, 0.1) is 5.41 Å². The lowest BCUT2D eigenvalue weighted by Gasteiger charge is -2.17. The predicted molar refractivity (Wildman–Crippen MR) is 63.4 cm³/mol. The molecule has 1 fully saturated rings. The molecule has 0 aromatic heterocycles. The SMILES string of the molecule is CC1(C)CCC(NC(=O)NC(=O)CCCl)C1. The largest absolute Gasteiger partial charge is 0.335 e. The Labute approximate surface area is 101 Å². The number of carbonyl (C=O) groups is 2. The second kappa shape index (κ2) is 5.53. The van der Waals surface area contributed by atoms with Gasteiger partial charge >= 0.3 is 6.03 Å². The highest BCUT2D eigenvalue weighted by atomic mass is 35.5. The standard InChI is InChI=1S/C11H19ClN2O2/c1-11(2)5-3-8(7-11)13-10(16)14-9(15)4-6-12/h8H,3-7H2,1-2H3,(H2,13,14,15,16). The molecule has 1 rings (SSSR count). The number of halogens is 1. The fourth-order valence-electron chi connectivity index (χ4n) is 2.06. The average molecular weight is 247 g/mol. The number of rotatable bonds is 3. The monoisotopic (exact) mass is 246 g/mol. The Morgan fingerprint density at radius 3 is 2.62 bits per heavy atom. The number of carbonyl (C=O) groups excluding carboxylic acids is 2. The zero-order chi connectivity index (χ0) is 12.2. The molecule has 1 saturated carbocycles. The Hall–Kier alpha value is -0.770. The first-order valence-corrected chi connectivity index (χ1v) is 6.13. The highest BCUT2D eigenvalue weighted by Gasteiger charge is 2.31. The van der Waals surface area contributed by atoms with E-state index in [2.05, 4.69) is 24.5 Å². The Bertz CT molecular complexity index is 279. The van der Waals surface area contributed by atoms with Gasteiger partial charge in [0, 0.05) is 18.3 Å². The summed E-state index contributed by atoms with van der Waals surface area (Å²) in [5.74, 6) is -0.0972. The Balaban J connectivity index is 2.28. The molecule has 0 saturated heterocycles. The molecule has 5 heteroatoms. The summed E-state index contributed by atoms with van der Waals surface area (Å²) in [5.41, 5.74) is 0.290. The van der Waals surface area contributed by atoms with Crippen molar-refractivity contribution in [2.45, 2.75) is 45.6 Å². The third kappa shape index (κ3) is 4.39. The van der Waals surface area contributed by atoms with Crippen LogP contribution in [0.15, 0.2) is 0 Å². The van der Waals surface area contributed by atoms with Crippen LogP contribution in [0.2, 0.25) is 0 Å². The van der Waals surface area contributed by atoms with Crippen molar-refractivity contribution in [3.63, 3.8) is 0 Å². The summed E-state index contributed by atoms with van der Waals surface area (Å²) in [7, 11) is 0. The molecule has 0 heterocycles. The number of hydrogen-bond donors (Lipinski definition) is 2. The molecule has 0 spiro atoms. The van der Waals surface area contributed by atoms with Gasteiger partial charge in [-0.15, -0.1) is 11.6 Å². The zero-order valence-corrected chi connectivity index (χ0v) is 10.6. The number of nitrogens with one attached hydrogen (secondary N) is 2. The zero-order valence-electron chi connectivity index (χ0n) is 9.81. The smallest absolute Gasteiger partial charge is 0.321 e. The minimum absolute atomic E-state index is 0.172. The molecule has 1 aliphatic carbocycles. The van der Waals surface area contributed by atoms with Gasteiger partial charge in [0.1, 0.15) is 0 Å². The molecular weight excluding hydrogens is 228 g/mol. The topological polar surface area (TPSA) is 58.2 Å². The molecule has 0 radical (unpaired) electrons. The van der Waals surface area contributed by atoms with Gasteiger partial charge in [-0.2, -0.15) is 0 Å². The van der Waals surface area contributed by atoms with E-state index in [-0.39, 0.29) is 29.7 Å². The number of imide groups is 1. The van der Waals surface area contributed by atoms with Gasteiger partial charge in [-0.05, 0) is 24.7 Å². The first kappa shape index (κ1) is 13.3. The molecule has 0 aromatic rings. The molecule has 92 valence electrons. The molecule has 1 aliphatic rings. The van der Waals surface area contributed by atoms with Crippen LogP contribution in [0.1, 0.15) is 39.5 Å². The minimum atomic E-state index is -0.405. The molecule has 3 amide bonds. The molecule has 1 unspecified atom stereocenters. The van der Waals surface area contributed by atoms with Crippen LogP contribution in [0.5, 0.6) is 0 Å². The van der Waals surface area contributed by atoms with E-state index < -0.39 is 6.03 Å². The molecule has 0 aromatic carbocycles. The van der Waals surface area contributed by atoms with E-state index >= 15 is 0 Å². The lowest BCUT2D eigenvalue weighted by atomic mass is 9.92. The summed E-state index contributed by atoms with van der Waals surface area (Å²) in [5, 5.41) is 5.07. The van der Waals surface area contributed by atoms with Crippen molar-refractivity contribution in [1.29, 1.82) is 0 Å². The van der Waals surface area contributed by atoms with E-state index in [1.54, 1.807) is 0 Å². The van der Waals surface area contributed by atoms with E-state index in [9.17, 15) is 9.59 Å². The van der Waals surface area contributed by atoms with Gasteiger partial charge in [0.05, 0.1) is 0 Å². The van der Waals surface area contributed by atoms with Gasteiger partial charge in [-0.3, -0.25) is 10.1 Å². The highest BCUT2D eigenvalue weighted by molar-refractivity contribution is 6.19. The first-order chi connectivity index (χ1) is 7.43. The predicted octanol–water partition coefficient (Wildman–Crippen LogP) is 2.02. The van der Waals surface area contributed by atoms with Gasteiger partial charge in [-0.25, -0.2) is 4.79 Å². The van der Waals surface area contributed by atoms with Crippen molar-refractivity contribution in [3.05, 3.63) is 0 Å². The fourth-order valence-corrected chi connectivity index (χ4v) is 2.23. The van der Waals surface area contributed by atoms with Crippen LogP contribution >= 0.6 is 11.6 Å². The highest BCUT2D eigenvalue weighted by Crippen LogP contribution is 2.36. The van der Waals surface area contributed by atoms with Crippen molar-refractivity contribution in [3.8, 4) is 0 Å². The number of alkyl halides is 1. The number of amides is 3. The third-order valence-corrected chi connectivity index (χ3v) is 3.07. The summed E-state index contributed by atoms with van der Waals surface area (Å²) in [6, 6.07) is -0.225. The number of urea groups is 1. The quantitative estimate of drug-likeness (QED) is 0.749. The van der Waals surface area contributed by atoms with Crippen molar-refractivity contribution >= 4 is 23.5 Å². The van der Waals surface area contributed by atoms with Crippen molar-refractivity contribution in [1.82, 2.24) is 10.6 Å². The van der Waals surface area contributed by atoms with E-state index in [1.807, 2.05) is 0 Å². The van der Waals surface area contributed by atoms with Gasteiger partial charge in [0.2, 0.25) is 5.91 Å². The van der Waals surface area contributed by atoms with Crippen LogP contribution < -0.4 is 10.6 Å². The number of hydrogen-bond acceptors (Lipinski definition) is 2. The lowest BCUT2D eigenvalue weighted by Crippen LogP contribution is -2.44. The minimum Gasteiger partial charge on any atom is -0.335 e. The summed E-state index contributed by atoms with van der Waals surface area (Å²) in [4.78, 5) is 22.5. The summed E-state index contributed by atoms with van der Waals surface area (Å²) in [6.45, 7) is 4.37. The molecule has 2 N–H and O–H groups in total. The Morgan fingerprint density at radius 2 is 2.12 bits per heavy atom. The maximum absolute atomic E-state index is 11.4. The molecule has 1 atom stereocenters. The van der Waals surface area contributed by atoms with Crippen molar-refractivity contribution in [2.75, 3.05) is 5.88 Å². The third-order valence-electron chi connectivity index (χ3n) is 2.88. The fraction of sp³-hybridized carbons (Fsp3) is 0.818. The van der Waals surface area contributed by atoms with Crippen molar-refractivity contribution in [2.24, 2.45) is 5.41 Å². The van der Waals surface area contributed by atoms with Crippen LogP contribution in [0.4, 0.5) is 4.79 Å². The Kier molecular flexibility index (Phi) is 4.59. The Morgan fingerprint density at radius 1 is 1.44 bits per heavy atom. The molecule has 16 heavy (non-hydrogen) atoms. The van der Waals surface area contributed by atoms with Crippen LogP contribution in [0.25, 0.3) is 0 Å². The van der Waals surface area contributed by atoms with E-state index in [0.29, 0.717) is 0 Å². The average Bonchev–Trinajstić information content (AvgIpc) is 2.45. The summed E-state index contributed by atoms with van der Waals surface area (Å²) in [6.07, 6.45) is 3.22. The van der Waals surface area contributed by atoms with Gasteiger partial charge in [0.15, 0.2) is 0 Å².